The van der Waals surface area contributed by atoms with Crippen LogP contribution in [-0.4, -0.2) is 15.0 Å². The Hall–Kier alpha value is -1.81. The number of sulfonamides is 1. The Bertz CT molecular complexity index is 736. The number of hydrogen-bond acceptors (Lipinski definition) is 2. The Morgan fingerprint density at radius 1 is 1.00 bits per heavy atom. The number of hydrogen-bond donors (Lipinski definition) is 0. The average molecular weight is 331 g/mol. The van der Waals surface area contributed by atoms with Crippen LogP contribution in [0.5, 0.6) is 0 Å². The third-order valence-electron chi connectivity index (χ3n) is 3.91. The fraction of sp³-hybridized carbons (Fsp3) is 0.368. The zero-order valence-electron chi connectivity index (χ0n) is 14.1. The van der Waals surface area contributed by atoms with E-state index < -0.39 is 10.0 Å². The van der Waals surface area contributed by atoms with Gasteiger partial charge in [0.2, 0.25) is 0 Å². The van der Waals surface area contributed by atoms with Gasteiger partial charge in [0.05, 0.1) is 10.6 Å². The molecule has 2 rings (SSSR count). The van der Waals surface area contributed by atoms with Crippen LogP contribution in [0, 0.1) is 6.92 Å². The number of unbranched alkanes of at least 4 members (excludes halogenated alkanes) is 1. The van der Waals surface area contributed by atoms with Crippen molar-refractivity contribution in [3.8, 4) is 0 Å². The lowest BCUT2D eigenvalue weighted by Gasteiger charge is -2.23. The van der Waals surface area contributed by atoms with E-state index in [1.54, 1.807) is 12.1 Å². The predicted octanol–water partition coefficient (Wildman–Crippen LogP) is 4.55. The van der Waals surface area contributed by atoms with Gasteiger partial charge in [0.15, 0.2) is 0 Å². The molecule has 2 aromatic carbocycles. The molecule has 23 heavy (non-hydrogen) atoms. The van der Waals surface area contributed by atoms with E-state index in [1.165, 1.54) is 9.87 Å². The van der Waals surface area contributed by atoms with Crippen molar-refractivity contribution in [2.45, 2.75) is 44.9 Å². The maximum absolute atomic E-state index is 12.9. The molecule has 4 heteroatoms. The summed E-state index contributed by atoms with van der Waals surface area (Å²) in [5.74, 6) is 0. The van der Waals surface area contributed by atoms with E-state index in [0.717, 1.165) is 24.8 Å². The van der Waals surface area contributed by atoms with Crippen molar-refractivity contribution in [3.63, 3.8) is 0 Å². The van der Waals surface area contributed by atoms with E-state index in [1.807, 2.05) is 50.2 Å². The Morgan fingerprint density at radius 2 is 1.70 bits per heavy atom. The molecule has 0 spiro atoms. The van der Waals surface area contributed by atoms with Crippen molar-refractivity contribution in [1.29, 1.82) is 0 Å². The number of benzene rings is 2. The summed E-state index contributed by atoms with van der Waals surface area (Å²) in [7, 11) is -3.52. The van der Waals surface area contributed by atoms with Gasteiger partial charge in [-0.15, -0.1) is 0 Å². The first-order valence-electron chi connectivity index (χ1n) is 8.17. The zero-order valence-corrected chi connectivity index (χ0v) is 14.9. The van der Waals surface area contributed by atoms with Crippen LogP contribution >= 0.6 is 0 Å². The van der Waals surface area contributed by atoms with Gasteiger partial charge >= 0.3 is 0 Å². The first kappa shape index (κ1) is 17.5. The lowest BCUT2D eigenvalue weighted by molar-refractivity contribution is 0.592. The number of aryl methyl sites for hydroxylation is 2. The summed E-state index contributed by atoms with van der Waals surface area (Å²) < 4.78 is 27.3. The minimum atomic E-state index is -3.52. The minimum absolute atomic E-state index is 0.348. The summed E-state index contributed by atoms with van der Waals surface area (Å²) in [5, 5.41) is 0. The van der Waals surface area contributed by atoms with E-state index in [2.05, 4.69) is 6.92 Å². The van der Waals surface area contributed by atoms with Gasteiger partial charge in [-0.05, 0) is 62.1 Å². The molecule has 0 saturated heterocycles. The molecule has 0 unspecified atom stereocenters. The summed E-state index contributed by atoms with van der Waals surface area (Å²) in [5.41, 5.74) is 2.94. The molecule has 0 aliphatic rings. The quantitative estimate of drug-likeness (QED) is 0.746. The molecular weight excluding hydrogens is 306 g/mol. The highest BCUT2D eigenvalue weighted by Crippen LogP contribution is 2.24. The normalized spacial score (nSPS) is 11.4. The SMILES string of the molecule is CCCCc1ccc(S(=O)(=O)N(CC)c2cccc(C)c2)cc1. The molecule has 0 fully saturated rings. The maximum atomic E-state index is 12.9. The van der Waals surface area contributed by atoms with Gasteiger partial charge < -0.3 is 0 Å². The van der Waals surface area contributed by atoms with Gasteiger partial charge in [-0.3, -0.25) is 4.31 Å². The standard InChI is InChI=1S/C19H25NO2S/c1-4-6-9-17-11-13-19(14-12-17)23(21,22)20(5-2)18-10-7-8-16(3)15-18/h7-8,10-15H,4-6,9H2,1-3H3. The molecule has 3 nitrogen and oxygen atoms in total. The average Bonchev–Trinajstić information content (AvgIpc) is 2.54. The highest BCUT2D eigenvalue weighted by Gasteiger charge is 2.23. The molecule has 0 radical (unpaired) electrons. The summed E-state index contributed by atoms with van der Waals surface area (Å²) in [6.07, 6.45) is 3.25. The third kappa shape index (κ3) is 4.14. The Balaban J connectivity index is 2.31. The largest absolute Gasteiger partial charge is 0.267 e. The van der Waals surface area contributed by atoms with Crippen LogP contribution in [0.3, 0.4) is 0 Å². The molecule has 0 aromatic heterocycles. The van der Waals surface area contributed by atoms with E-state index in [9.17, 15) is 8.42 Å². The smallest absolute Gasteiger partial charge is 0.264 e. The molecule has 0 atom stereocenters. The second kappa shape index (κ2) is 7.64. The van der Waals surface area contributed by atoms with Crippen LogP contribution < -0.4 is 4.31 Å². The van der Waals surface area contributed by atoms with Crippen LogP contribution in [0.15, 0.2) is 53.4 Å². The fourth-order valence-electron chi connectivity index (χ4n) is 2.61. The second-order valence-corrected chi connectivity index (χ2v) is 7.62. The first-order valence-corrected chi connectivity index (χ1v) is 9.61. The number of nitrogens with zero attached hydrogens (tertiary/aromatic N) is 1. The Labute approximate surface area is 140 Å². The molecule has 0 N–H and O–H groups in total. The minimum Gasteiger partial charge on any atom is -0.267 e. The monoisotopic (exact) mass is 331 g/mol. The summed E-state index contributed by atoms with van der Waals surface area (Å²) >= 11 is 0. The zero-order chi connectivity index (χ0) is 16.9. The fourth-order valence-corrected chi connectivity index (χ4v) is 4.08. The van der Waals surface area contributed by atoms with Gasteiger partial charge in [0, 0.05) is 6.54 Å². The molecule has 0 aliphatic carbocycles. The van der Waals surface area contributed by atoms with Crippen molar-refractivity contribution >= 4 is 15.7 Å². The van der Waals surface area contributed by atoms with Gasteiger partial charge in [0.1, 0.15) is 0 Å². The molecule has 0 heterocycles. The molecule has 2 aromatic rings. The molecule has 0 bridgehead atoms. The van der Waals surface area contributed by atoms with Crippen molar-refractivity contribution in [2.75, 3.05) is 10.8 Å². The third-order valence-corrected chi connectivity index (χ3v) is 5.82. The van der Waals surface area contributed by atoms with Crippen LogP contribution in [0.25, 0.3) is 0 Å². The lowest BCUT2D eigenvalue weighted by atomic mass is 10.1. The van der Waals surface area contributed by atoms with E-state index in [0.29, 0.717) is 17.1 Å². The molecule has 0 amide bonds. The van der Waals surface area contributed by atoms with Crippen molar-refractivity contribution in [1.82, 2.24) is 0 Å². The summed E-state index contributed by atoms with van der Waals surface area (Å²) in [6, 6.07) is 14.9. The molecule has 0 saturated carbocycles. The topological polar surface area (TPSA) is 37.4 Å². The van der Waals surface area contributed by atoms with Gasteiger partial charge in [-0.25, -0.2) is 8.42 Å². The maximum Gasteiger partial charge on any atom is 0.264 e. The van der Waals surface area contributed by atoms with Crippen molar-refractivity contribution in [3.05, 3.63) is 59.7 Å². The predicted molar refractivity (Wildman–Crippen MR) is 96.4 cm³/mol. The molecular formula is C19H25NO2S. The summed E-state index contributed by atoms with van der Waals surface area (Å²) in [6.45, 7) is 6.38. The first-order chi connectivity index (χ1) is 11.0. The van der Waals surface area contributed by atoms with Crippen molar-refractivity contribution < 1.29 is 8.42 Å². The van der Waals surface area contributed by atoms with E-state index >= 15 is 0 Å². The van der Waals surface area contributed by atoms with Crippen LogP contribution in [0.4, 0.5) is 5.69 Å². The lowest BCUT2D eigenvalue weighted by Crippen LogP contribution is -2.30. The van der Waals surface area contributed by atoms with Gasteiger partial charge in [0.25, 0.3) is 10.0 Å². The molecule has 0 aliphatic heterocycles. The Morgan fingerprint density at radius 3 is 2.26 bits per heavy atom. The second-order valence-electron chi connectivity index (χ2n) is 5.76. The Kier molecular flexibility index (Phi) is 5.83. The molecule has 124 valence electrons. The van der Waals surface area contributed by atoms with Crippen LogP contribution in [0.1, 0.15) is 37.8 Å². The van der Waals surface area contributed by atoms with Crippen molar-refractivity contribution in [2.24, 2.45) is 0 Å². The highest BCUT2D eigenvalue weighted by atomic mass is 32.2. The summed E-state index contributed by atoms with van der Waals surface area (Å²) in [4.78, 5) is 0.348. The number of anilines is 1. The highest BCUT2D eigenvalue weighted by molar-refractivity contribution is 7.92. The number of rotatable bonds is 7. The van der Waals surface area contributed by atoms with Gasteiger partial charge in [-0.1, -0.05) is 37.6 Å². The van der Waals surface area contributed by atoms with E-state index in [-0.39, 0.29) is 0 Å². The van der Waals surface area contributed by atoms with Crippen LogP contribution in [0.2, 0.25) is 0 Å². The van der Waals surface area contributed by atoms with Gasteiger partial charge in [-0.2, -0.15) is 0 Å². The van der Waals surface area contributed by atoms with E-state index in [4.69, 9.17) is 0 Å². The van der Waals surface area contributed by atoms with Crippen LogP contribution in [-0.2, 0) is 16.4 Å².